The fourth-order valence-electron chi connectivity index (χ4n) is 4.26. The number of ether oxygens (including phenoxy) is 4. The van der Waals surface area contributed by atoms with Gasteiger partial charge in [-0.3, -0.25) is 19.2 Å². The molecule has 2 aromatic heterocycles. The van der Waals surface area contributed by atoms with Crippen LogP contribution in [-0.4, -0.2) is 83.6 Å². The number of aliphatic hydroxyl groups is 1. The third kappa shape index (κ3) is 7.58. The van der Waals surface area contributed by atoms with Gasteiger partial charge in [-0.05, 0) is 25.1 Å². The number of alkyl halides is 2. The first-order chi connectivity index (χ1) is 21.2. The summed E-state index contributed by atoms with van der Waals surface area (Å²) >= 11 is 0. The molecule has 0 spiro atoms. The number of rotatable bonds is 12. The first-order valence-electron chi connectivity index (χ1n) is 13.0. The van der Waals surface area contributed by atoms with Crippen molar-refractivity contribution in [1.29, 1.82) is 0 Å². The van der Waals surface area contributed by atoms with E-state index in [4.69, 9.17) is 27.9 Å². The highest BCUT2D eigenvalue weighted by Gasteiger charge is 2.60. The molecule has 5 N–H and O–H groups in total. The Kier molecular flexibility index (Phi) is 10.1. The molecule has 2 amide bonds. The lowest BCUT2D eigenvalue weighted by atomic mass is 10.1. The minimum absolute atomic E-state index is 0.252. The summed E-state index contributed by atoms with van der Waals surface area (Å²) in [6.07, 6.45) is -7.02. The predicted molar refractivity (Wildman–Crippen MR) is 149 cm³/mol. The van der Waals surface area contributed by atoms with Crippen molar-refractivity contribution < 1.29 is 60.8 Å². The minimum atomic E-state index is -4.70. The Morgan fingerprint density at radius 2 is 1.98 bits per heavy atom. The van der Waals surface area contributed by atoms with E-state index >= 15 is 0 Å². The third-order valence-electron chi connectivity index (χ3n) is 6.51. The van der Waals surface area contributed by atoms with E-state index < -0.39 is 62.4 Å². The zero-order chi connectivity index (χ0) is 33.1. The Balaban J connectivity index is 1.37. The number of fused-ring (bicyclic) bond motifs is 1. The molecule has 1 saturated heterocycles. The number of nitrogens with zero attached hydrogens (tertiary/aromatic N) is 2. The maximum atomic E-state index is 14.9. The fourth-order valence-corrected chi connectivity index (χ4v) is 5.29. The summed E-state index contributed by atoms with van der Waals surface area (Å²) in [7, 11) is -0.471. The quantitative estimate of drug-likeness (QED) is 0.174. The lowest BCUT2D eigenvalue weighted by Crippen LogP contribution is -2.42. The molecule has 3 heterocycles. The van der Waals surface area contributed by atoms with Gasteiger partial charge >= 0.3 is 25.5 Å². The number of likely N-dealkylation sites (N-methyl/N-ethyl adjacent to an activating group) is 1. The van der Waals surface area contributed by atoms with Crippen molar-refractivity contribution in [3.8, 4) is 11.5 Å². The van der Waals surface area contributed by atoms with Crippen molar-refractivity contribution in [2.24, 2.45) is 0 Å². The van der Waals surface area contributed by atoms with Gasteiger partial charge in [0.25, 0.3) is 0 Å². The second kappa shape index (κ2) is 13.5. The molecule has 1 aromatic carbocycles. The maximum Gasteiger partial charge on any atom is 0.413 e. The molecule has 1 aliphatic rings. The van der Waals surface area contributed by atoms with Crippen LogP contribution in [0.4, 0.5) is 19.4 Å². The van der Waals surface area contributed by atoms with Gasteiger partial charge in [0.05, 0.1) is 26.9 Å². The van der Waals surface area contributed by atoms with E-state index in [9.17, 15) is 37.7 Å². The second-order valence-electron chi connectivity index (χ2n) is 9.59. The zero-order valence-electron chi connectivity index (χ0n) is 24.2. The van der Waals surface area contributed by atoms with Crippen LogP contribution in [0.3, 0.4) is 0 Å². The van der Waals surface area contributed by atoms with Gasteiger partial charge in [-0.1, -0.05) is 0 Å². The summed E-state index contributed by atoms with van der Waals surface area (Å²) in [5.41, 5.74) is -0.899. The number of nitrogens with one attached hydrogen (secondary N) is 3. The van der Waals surface area contributed by atoms with Crippen LogP contribution >= 0.6 is 7.75 Å². The number of aliphatic hydroxyl groups excluding tert-OH is 1. The summed E-state index contributed by atoms with van der Waals surface area (Å²) in [6.45, 7) is -0.0781. The molecule has 20 heteroatoms. The highest BCUT2D eigenvalue weighted by Crippen LogP contribution is 2.45. The average Bonchev–Trinajstić information content (AvgIpc) is 3.51. The van der Waals surface area contributed by atoms with Crippen LogP contribution in [0.2, 0.25) is 0 Å². The Morgan fingerprint density at radius 3 is 2.62 bits per heavy atom. The fraction of sp³-hybridized carbons (Fsp3) is 0.440. The minimum Gasteiger partial charge on any atom is -0.497 e. The Hall–Kier alpha value is -4.13. The lowest BCUT2D eigenvalue weighted by molar-refractivity contribution is -0.140. The van der Waals surface area contributed by atoms with Crippen molar-refractivity contribution >= 4 is 36.5 Å². The van der Waals surface area contributed by atoms with E-state index in [1.807, 2.05) is 5.09 Å². The van der Waals surface area contributed by atoms with Crippen LogP contribution < -0.4 is 30.9 Å². The number of hydrogen-bond donors (Lipinski definition) is 5. The molecular formula is C25H30F2N5O12P. The monoisotopic (exact) mass is 661 g/mol. The summed E-state index contributed by atoms with van der Waals surface area (Å²) in [6, 6.07) is 4.73. The highest BCUT2D eigenvalue weighted by molar-refractivity contribution is 7.50. The number of benzene rings is 1. The van der Waals surface area contributed by atoms with E-state index in [1.54, 1.807) is 18.2 Å². The van der Waals surface area contributed by atoms with Crippen molar-refractivity contribution in [2.75, 3.05) is 33.2 Å². The Morgan fingerprint density at radius 1 is 1.24 bits per heavy atom. The molecule has 3 aromatic rings. The molecule has 246 valence electrons. The number of halogens is 2. The normalized spacial score (nSPS) is 21.1. The number of aromatic nitrogens is 2. The number of hydrogen-bond acceptors (Lipinski definition) is 12. The first kappa shape index (κ1) is 33.8. The van der Waals surface area contributed by atoms with Gasteiger partial charge in [0.15, 0.2) is 24.0 Å². The zero-order valence-corrected chi connectivity index (χ0v) is 25.1. The number of methoxy groups -OCH3 is 2. The van der Waals surface area contributed by atoms with Crippen LogP contribution in [0.15, 0.2) is 39.7 Å². The summed E-state index contributed by atoms with van der Waals surface area (Å²) in [5, 5.41) is 17.2. The molecule has 0 bridgehead atoms. The number of furan rings is 1. The van der Waals surface area contributed by atoms with Crippen molar-refractivity contribution in [3.05, 3.63) is 46.7 Å². The van der Waals surface area contributed by atoms with Gasteiger partial charge in [-0.2, -0.15) is 13.8 Å². The highest BCUT2D eigenvalue weighted by atomic mass is 31.2. The molecule has 1 aliphatic heterocycles. The molecule has 17 nitrogen and oxygen atoms in total. The van der Waals surface area contributed by atoms with Crippen LogP contribution in [0, 0.1) is 0 Å². The van der Waals surface area contributed by atoms with Gasteiger partial charge in [0.2, 0.25) is 12.1 Å². The Labute approximate surface area is 252 Å². The SMILES string of the molecule is CNC(=O)[C@H](C)NP(=O)(O)OCC1OC(n2ccc(NC(=O)OCc3cc4cc(OC)cc(OC)c4o3)nc2=O)C(F)(F)[C@@H]1O. The van der Waals surface area contributed by atoms with E-state index in [0.29, 0.717) is 27.0 Å². The largest absolute Gasteiger partial charge is 0.497 e. The molecule has 0 aliphatic carbocycles. The second-order valence-corrected chi connectivity index (χ2v) is 11.1. The van der Waals surface area contributed by atoms with Gasteiger partial charge in [-0.15, -0.1) is 0 Å². The number of amides is 2. The van der Waals surface area contributed by atoms with E-state index in [2.05, 4.69) is 15.6 Å². The predicted octanol–water partition coefficient (Wildman–Crippen LogP) is 1.49. The molecule has 4 rings (SSSR count). The van der Waals surface area contributed by atoms with Gasteiger partial charge in [-0.25, -0.2) is 19.2 Å². The van der Waals surface area contributed by atoms with E-state index in [0.717, 1.165) is 12.3 Å². The average molecular weight is 662 g/mol. The molecule has 45 heavy (non-hydrogen) atoms. The molecule has 3 unspecified atom stereocenters. The third-order valence-corrected chi connectivity index (χ3v) is 7.72. The van der Waals surface area contributed by atoms with Crippen LogP contribution in [0.1, 0.15) is 18.9 Å². The van der Waals surface area contributed by atoms with E-state index in [1.165, 1.54) is 28.2 Å². The van der Waals surface area contributed by atoms with E-state index in [-0.39, 0.29) is 18.2 Å². The van der Waals surface area contributed by atoms with Gasteiger partial charge in [0.1, 0.15) is 23.4 Å². The lowest BCUT2D eigenvalue weighted by Gasteiger charge is -2.21. The topological polar surface area (TPSA) is 222 Å². The van der Waals surface area contributed by atoms with Crippen molar-refractivity contribution in [1.82, 2.24) is 20.0 Å². The molecule has 0 saturated carbocycles. The van der Waals surface area contributed by atoms with Gasteiger partial charge in [0, 0.05) is 24.7 Å². The molecule has 1 fully saturated rings. The summed E-state index contributed by atoms with van der Waals surface area (Å²) in [4.78, 5) is 49.9. The number of carbonyl (C=O) groups excluding carboxylic acids is 2. The van der Waals surface area contributed by atoms with Crippen molar-refractivity contribution in [3.63, 3.8) is 0 Å². The Bertz CT molecular complexity index is 1670. The summed E-state index contributed by atoms with van der Waals surface area (Å²) in [5.74, 6) is -3.91. The molecule has 0 radical (unpaired) electrons. The number of carbonyl (C=O) groups is 2. The standard InChI is InChI=1S/C25H30F2N5O12P/c1-12(21(34)28-2)31-45(37,38)42-11-17-20(33)25(26,27)22(44-17)32-6-5-18(29-23(32)35)30-24(36)41-10-15-8-13-7-14(39-3)9-16(40-4)19(13)43-15/h5-9,12,17,20,22,33H,10-11H2,1-4H3,(H,28,34)(H2,31,37,38)(H,29,30,35,36)/t12-,17?,20+,22?/m0/s1. The smallest absolute Gasteiger partial charge is 0.413 e. The molecular weight excluding hydrogens is 631 g/mol. The van der Waals surface area contributed by atoms with Gasteiger partial charge < -0.3 is 38.7 Å². The van der Waals surface area contributed by atoms with Crippen LogP contribution in [0.5, 0.6) is 11.5 Å². The first-order valence-corrected chi connectivity index (χ1v) is 14.6. The maximum absolute atomic E-state index is 14.9. The van der Waals surface area contributed by atoms with Crippen LogP contribution in [-0.2, 0) is 30.0 Å². The number of anilines is 1. The van der Waals surface area contributed by atoms with Crippen molar-refractivity contribution in [2.45, 2.75) is 43.9 Å². The van der Waals surface area contributed by atoms with Crippen LogP contribution in [0.25, 0.3) is 11.0 Å². The molecule has 5 atom stereocenters. The summed E-state index contributed by atoms with van der Waals surface area (Å²) < 4.78 is 73.5.